The van der Waals surface area contributed by atoms with E-state index < -0.39 is 0 Å². The largest absolute Gasteiger partial charge is 0.357 e. The van der Waals surface area contributed by atoms with E-state index in [1.807, 2.05) is 6.20 Å². The average Bonchev–Trinajstić information content (AvgIpc) is 3.11. The highest BCUT2D eigenvalue weighted by molar-refractivity contribution is 6.01. The number of hydrogen-bond acceptors (Lipinski definition) is 4. The Hall–Kier alpha value is -3.46. The Balaban J connectivity index is 1.48. The number of nitrogens with zero attached hydrogens (tertiary/aromatic N) is 3. The van der Waals surface area contributed by atoms with Crippen molar-refractivity contribution in [1.82, 2.24) is 20.3 Å². The minimum absolute atomic E-state index is 0.0346. The van der Waals surface area contributed by atoms with E-state index in [-0.39, 0.29) is 11.4 Å². The number of aryl methyl sites for hydroxylation is 1. The van der Waals surface area contributed by atoms with Crippen molar-refractivity contribution in [2.24, 2.45) is 0 Å². The van der Waals surface area contributed by atoms with Crippen molar-refractivity contribution in [3.8, 4) is 28.6 Å². The maximum Gasteiger partial charge on any atom is 0.253 e. The summed E-state index contributed by atoms with van der Waals surface area (Å²) in [4.78, 5) is 25.3. The van der Waals surface area contributed by atoms with Gasteiger partial charge >= 0.3 is 0 Å². The fourth-order valence-electron chi connectivity index (χ4n) is 5.05. The van der Waals surface area contributed by atoms with E-state index >= 15 is 0 Å². The van der Waals surface area contributed by atoms with Crippen LogP contribution in [0.25, 0.3) is 22.5 Å². The van der Waals surface area contributed by atoms with Crippen LogP contribution in [0.1, 0.15) is 52.0 Å². The maximum atomic E-state index is 12.9. The number of fused-ring (bicyclic) bond motifs is 5. The fraction of sp³-hybridized carbons (Fsp3) is 0.304. The van der Waals surface area contributed by atoms with Gasteiger partial charge in [-0.25, -0.2) is 0 Å². The number of hydrogen-bond donors (Lipinski definition) is 2. The minimum atomic E-state index is -0.0346. The Morgan fingerprint density at radius 2 is 2.03 bits per heavy atom. The summed E-state index contributed by atoms with van der Waals surface area (Å²) in [7, 11) is 0. The molecule has 0 saturated heterocycles. The molecule has 6 nitrogen and oxygen atoms in total. The summed E-state index contributed by atoms with van der Waals surface area (Å²) < 4.78 is 0. The maximum absolute atomic E-state index is 12.9. The average molecular weight is 381 g/mol. The van der Waals surface area contributed by atoms with Crippen molar-refractivity contribution >= 4 is 5.91 Å². The summed E-state index contributed by atoms with van der Waals surface area (Å²) in [5, 5.41) is 12.4. The molecule has 1 fully saturated rings. The number of pyridine rings is 2. The van der Waals surface area contributed by atoms with Crippen molar-refractivity contribution in [3.05, 3.63) is 58.7 Å². The number of nitrogens with one attached hydrogen (secondary N) is 2. The number of amides is 1. The molecule has 1 spiro atoms. The standard InChI is InChI=1S/C23H19N5O/c24-9-13-6-15(11-25-10-13)18-7-17-14(12-26-18)2-3-16-20-19(27-21(16)17)8-23(4-1-5-23)28-22(20)29/h6-7,10-12,27H,1-5,8H2,(H,28,29). The SMILES string of the molecule is N#Cc1cncc(-c2cc3c(cn2)CCc2c-3[nH]c3c2C(=O)NC2(CCC2)C3)c1. The summed E-state index contributed by atoms with van der Waals surface area (Å²) in [6.45, 7) is 0. The van der Waals surface area contributed by atoms with E-state index in [1.54, 1.807) is 18.5 Å². The molecule has 0 radical (unpaired) electrons. The lowest BCUT2D eigenvalue weighted by Crippen LogP contribution is -2.57. The van der Waals surface area contributed by atoms with Crippen LogP contribution in [-0.4, -0.2) is 26.4 Å². The predicted octanol–water partition coefficient (Wildman–Crippen LogP) is 3.32. The highest BCUT2D eigenvalue weighted by Crippen LogP contribution is 2.43. The summed E-state index contributed by atoms with van der Waals surface area (Å²) in [6, 6.07) is 6.00. The molecule has 0 unspecified atom stereocenters. The van der Waals surface area contributed by atoms with Gasteiger partial charge in [0, 0.05) is 47.4 Å². The van der Waals surface area contributed by atoms with Gasteiger partial charge < -0.3 is 10.3 Å². The van der Waals surface area contributed by atoms with Crippen LogP contribution in [0, 0.1) is 11.3 Å². The van der Waals surface area contributed by atoms with Gasteiger partial charge in [0.2, 0.25) is 0 Å². The Kier molecular flexibility index (Phi) is 3.28. The molecule has 2 N–H and O–H groups in total. The molecule has 29 heavy (non-hydrogen) atoms. The van der Waals surface area contributed by atoms with Crippen molar-refractivity contribution < 1.29 is 4.79 Å². The van der Waals surface area contributed by atoms with E-state index in [0.29, 0.717) is 5.56 Å². The van der Waals surface area contributed by atoms with Crippen LogP contribution in [0.2, 0.25) is 0 Å². The van der Waals surface area contributed by atoms with Gasteiger partial charge in [-0.2, -0.15) is 5.26 Å². The molecule has 1 amide bonds. The topological polar surface area (TPSA) is 94.5 Å². The van der Waals surface area contributed by atoms with E-state index in [9.17, 15) is 4.79 Å². The molecule has 1 saturated carbocycles. The van der Waals surface area contributed by atoms with Gasteiger partial charge in [-0.1, -0.05) is 0 Å². The highest BCUT2D eigenvalue weighted by atomic mass is 16.2. The first-order chi connectivity index (χ1) is 14.2. The summed E-state index contributed by atoms with van der Waals surface area (Å²) in [6.07, 6.45) is 11.1. The molecule has 6 rings (SSSR count). The molecule has 0 bridgehead atoms. The molecule has 142 valence electrons. The van der Waals surface area contributed by atoms with Gasteiger partial charge in [-0.3, -0.25) is 14.8 Å². The van der Waals surface area contributed by atoms with Crippen LogP contribution in [-0.2, 0) is 19.3 Å². The molecular weight excluding hydrogens is 362 g/mol. The number of nitriles is 1. The van der Waals surface area contributed by atoms with Crippen LogP contribution >= 0.6 is 0 Å². The summed E-state index contributed by atoms with van der Waals surface area (Å²) >= 11 is 0. The van der Waals surface area contributed by atoms with Crippen LogP contribution < -0.4 is 5.32 Å². The van der Waals surface area contributed by atoms with Crippen molar-refractivity contribution in [2.45, 2.75) is 44.1 Å². The lowest BCUT2D eigenvalue weighted by Gasteiger charge is -2.45. The molecule has 3 aliphatic rings. The smallest absolute Gasteiger partial charge is 0.253 e. The van der Waals surface area contributed by atoms with E-state index in [0.717, 1.165) is 71.4 Å². The number of aromatic nitrogens is 3. The van der Waals surface area contributed by atoms with Crippen molar-refractivity contribution in [1.29, 1.82) is 5.26 Å². The van der Waals surface area contributed by atoms with E-state index in [4.69, 9.17) is 5.26 Å². The second-order valence-electron chi connectivity index (χ2n) is 8.40. The van der Waals surface area contributed by atoms with Gasteiger partial charge in [0.25, 0.3) is 5.91 Å². The fourth-order valence-corrected chi connectivity index (χ4v) is 5.05. The second-order valence-corrected chi connectivity index (χ2v) is 8.40. The van der Waals surface area contributed by atoms with E-state index in [2.05, 4.69) is 32.4 Å². The molecule has 6 heteroatoms. The normalized spacial score (nSPS) is 18.1. The third-order valence-corrected chi connectivity index (χ3v) is 6.68. The first-order valence-electron chi connectivity index (χ1n) is 10.1. The van der Waals surface area contributed by atoms with Gasteiger partial charge in [0.05, 0.1) is 22.5 Å². The highest BCUT2D eigenvalue weighted by Gasteiger charge is 2.45. The molecule has 0 atom stereocenters. The first-order valence-corrected chi connectivity index (χ1v) is 10.1. The van der Waals surface area contributed by atoms with Crippen LogP contribution in [0.3, 0.4) is 0 Å². The Morgan fingerprint density at radius 1 is 1.14 bits per heavy atom. The molecule has 4 heterocycles. The zero-order chi connectivity index (χ0) is 19.6. The molecule has 2 aliphatic carbocycles. The lowest BCUT2D eigenvalue weighted by atomic mass is 9.71. The Labute approximate surface area is 168 Å². The molecule has 0 aromatic carbocycles. The Morgan fingerprint density at radius 3 is 2.83 bits per heavy atom. The quantitative estimate of drug-likeness (QED) is 0.676. The second kappa shape index (κ2) is 5.77. The van der Waals surface area contributed by atoms with Gasteiger partial charge in [-0.15, -0.1) is 0 Å². The molecule has 3 aromatic rings. The third-order valence-electron chi connectivity index (χ3n) is 6.68. The Bertz CT molecular complexity index is 1230. The number of rotatable bonds is 1. The number of aromatic amines is 1. The van der Waals surface area contributed by atoms with Crippen molar-refractivity contribution in [3.63, 3.8) is 0 Å². The van der Waals surface area contributed by atoms with Crippen molar-refractivity contribution in [2.75, 3.05) is 0 Å². The zero-order valence-electron chi connectivity index (χ0n) is 15.9. The monoisotopic (exact) mass is 381 g/mol. The zero-order valence-corrected chi connectivity index (χ0v) is 15.9. The van der Waals surface area contributed by atoms with Crippen LogP contribution in [0.5, 0.6) is 0 Å². The third kappa shape index (κ3) is 2.37. The summed E-state index contributed by atoms with van der Waals surface area (Å²) in [5.41, 5.74) is 8.48. The van der Waals surface area contributed by atoms with Crippen LogP contribution in [0.4, 0.5) is 0 Å². The number of carbonyl (C=O) groups excluding carboxylic acids is 1. The van der Waals surface area contributed by atoms with Gasteiger partial charge in [0.1, 0.15) is 6.07 Å². The summed E-state index contributed by atoms with van der Waals surface area (Å²) in [5.74, 6) is 0.0760. The number of carbonyl (C=O) groups is 1. The molecule has 3 aromatic heterocycles. The lowest BCUT2D eigenvalue weighted by molar-refractivity contribution is 0.0793. The molecule has 1 aliphatic heterocycles. The minimum Gasteiger partial charge on any atom is -0.357 e. The van der Waals surface area contributed by atoms with Gasteiger partial charge in [0.15, 0.2) is 0 Å². The van der Waals surface area contributed by atoms with Crippen LogP contribution in [0.15, 0.2) is 30.7 Å². The van der Waals surface area contributed by atoms with E-state index in [1.165, 1.54) is 12.0 Å². The predicted molar refractivity (Wildman–Crippen MR) is 107 cm³/mol. The van der Waals surface area contributed by atoms with Gasteiger partial charge in [-0.05, 0) is 55.4 Å². The number of H-pyrrole nitrogens is 1. The molecular formula is C23H19N5O. The first kappa shape index (κ1) is 16.5.